The van der Waals surface area contributed by atoms with Gasteiger partial charge < -0.3 is 18.9 Å². The van der Waals surface area contributed by atoms with Gasteiger partial charge in [0, 0.05) is 12.2 Å². The maximum atomic E-state index is 11.7. The van der Waals surface area contributed by atoms with Crippen LogP contribution in [-0.4, -0.2) is 50.3 Å². The molecular weight excluding hydrogens is 368 g/mol. The molecule has 0 fully saturated rings. The summed E-state index contributed by atoms with van der Waals surface area (Å²) in [5.74, 6) is -1.92. The van der Waals surface area contributed by atoms with Crippen LogP contribution >= 0.6 is 0 Å². The van der Waals surface area contributed by atoms with Crippen LogP contribution in [0.15, 0.2) is 25.3 Å². The van der Waals surface area contributed by atoms with Crippen molar-refractivity contribution >= 4 is 23.9 Å². The normalized spacial score (nSPS) is 12.2. The van der Waals surface area contributed by atoms with E-state index in [0.29, 0.717) is 12.8 Å². The van der Waals surface area contributed by atoms with Crippen LogP contribution < -0.4 is 0 Å². The van der Waals surface area contributed by atoms with Gasteiger partial charge in [0.15, 0.2) is 0 Å². The van der Waals surface area contributed by atoms with Crippen molar-refractivity contribution in [1.82, 2.24) is 0 Å². The highest BCUT2D eigenvalue weighted by atomic mass is 16.5. The standard InChI is InChI=1S/C20H30O8/c1-5-17(21)25-11-9-15(3)13-27-19(23)7-8-20(24)28-14-16(4)10-12-26-18(22)6-2/h5-6,15-16H,1-2,7-14H2,3-4H3. The van der Waals surface area contributed by atoms with E-state index < -0.39 is 23.9 Å². The molecule has 0 aromatic carbocycles. The zero-order chi connectivity index (χ0) is 21.4. The summed E-state index contributed by atoms with van der Waals surface area (Å²) in [6.45, 7) is 11.1. The maximum absolute atomic E-state index is 11.7. The number of esters is 4. The lowest BCUT2D eigenvalue weighted by atomic mass is 10.1. The van der Waals surface area contributed by atoms with Crippen molar-refractivity contribution in [2.45, 2.75) is 39.5 Å². The average molecular weight is 398 g/mol. The predicted octanol–water partition coefficient (Wildman–Crippen LogP) is 2.36. The Kier molecular flexibility index (Phi) is 14.0. The SMILES string of the molecule is C=CC(=O)OCCC(C)COC(=O)CCC(=O)OCC(C)CCOC(=O)C=C. The Morgan fingerprint density at radius 2 is 1.07 bits per heavy atom. The summed E-state index contributed by atoms with van der Waals surface area (Å²) < 4.78 is 19.9. The first-order valence-corrected chi connectivity index (χ1v) is 9.18. The first-order chi connectivity index (χ1) is 13.3. The van der Waals surface area contributed by atoms with E-state index in [1.165, 1.54) is 0 Å². The molecule has 28 heavy (non-hydrogen) atoms. The third-order valence-corrected chi connectivity index (χ3v) is 3.63. The molecule has 0 amide bonds. The van der Waals surface area contributed by atoms with E-state index in [4.69, 9.17) is 18.9 Å². The van der Waals surface area contributed by atoms with Gasteiger partial charge in [0.25, 0.3) is 0 Å². The lowest BCUT2D eigenvalue weighted by molar-refractivity contribution is -0.152. The molecule has 0 aliphatic rings. The highest BCUT2D eigenvalue weighted by molar-refractivity contribution is 5.81. The van der Waals surface area contributed by atoms with Gasteiger partial charge in [-0.1, -0.05) is 27.0 Å². The van der Waals surface area contributed by atoms with Crippen molar-refractivity contribution < 1.29 is 38.1 Å². The van der Waals surface area contributed by atoms with Crippen molar-refractivity contribution in [3.05, 3.63) is 25.3 Å². The van der Waals surface area contributed by atoms with Crippen LogP contribution in [0.2, 0.25) is 0 Å². The molecule has 0 saturated carbocycles. The minimum atomic E-state index is -0.491. The highest BCUT2D eigenvalue weighted by Crippen LogP contribution is 2.07. The second kappa shape index (κ2) is 15.4. The summed E-state index contributed by atoms with van der Waals surface area (Å²) in [4.78, 5) is 45.1. The fourth-order valence-electron chi connectivity index (χ4n) is 1.82. The molecule has 0 aromatic heterocycles. The summed E-state index contributed by atoms with van der Waals surface area (Å²) >= 11 is 0. The highest BCUT2D eigenvalue weighted by Gasteiger charge is 2.13. The van der Waals surface area contributed by atoms with Gasteiger partial charge in [-0.3, -0.25) is 9.59 Å². The Hall–Kier alpha value is -2.64. The zero-order valence-electron chi connectivity index (χ0n) is 16.6. The second-order valence-corrected chi connectivity index (χ2v) is 6.40. The van der Waals surface area contributed by atoms with Crippen LogP contribution in [0, 0.1) is 11.8 Å². The fourth-order valence-corrected chi connectivity index (χ4v) is 1.82. The Bertz CT molecular complexity index is 492. The summed E-state index contributed by atoms with van der Waals surface area (Å²) in [6, 6.07) is 0. The Morgan fingerprint density at radius 3 is 1.39 bits per heavy atom. The van der Waals surface area contributed by atoms with E-state index in [0.717, 1.165) is 12.2 Å². The molecule has 158 valence electrons. The lowest BCUT2D eigenvalue weighted by Crippen LogP contribution is -2.17. The summed E-state index contributed by atoms with van der Waals surface area (Å²) in [5.41, 5.74) is 0. The summed E-state index contributed by atoms with van der Waals surface area (Å²) in [5, 5.41) is 0. The molecule has 0 N–H and O–H groups in total. The minimum Gasteiger partial charge on any atom is -0.465 e. The van der Waals surface area contributed by atoms with Gasteiger partial charge in [-0.15, -0.1) is 0 Å². The van der Waals surface area contributed by atoms with Crippen LogP contribution in [-0.2, 0) is 38.1 Å². The van der Waals surface area contributed by atoms with Crippen LogP contribution in [0.5, 0.6) is 0 Å². The number of hydrogen-bond donors (Lipinski definition) is 0. The van der Waals surface area contributed by atoms with E-state index in [-0.39, 0.29) is 51.1 Å². The van der Waals surface area contributed by atoms with E-state index >= 15 is 0 Å². The Balaban J connectivity index is 3.78. The topological polar surface area (TPSA) is 105 Å². The molecule has 0 bridgehead atoms. The minimum absolute atomic E-state index is 0.0181. The van der Waals surface area contributed by atoms with Crippen molar-refractivity contribution in [1.29, 1.82) is 0 Å². The van der Waals surface area contributed by atoms with Crippen molar-refractivity contribution in [3.63, 3.8) is 0 Å². The molecule has 2 unspecified atom stereocenters. The van der Waals surface area contributed by atoms with Crippen LogP contribution in [0.1, 0.15) is 39.5 Å². The van der Waals surface area contributed by atoms with Gasteiger partial charge in [0.2, 0.25) is 0 Å². The number of hydrogen-bond acceptors (Lipinski definition) is 8. The first kappa shape index (κ1) is 25.4. The summed E-state index contributed by atoms with van der Waals surface area (Å²) in [7, 11) is 0. The van der Waals surface area contributed by atoms with Crippen LogP contribution in [0.25, 0.3) is 0 Å². The lowest BCUT2D eigenvalue weighted by Gasteiger charge is -2.13. The van der Waals surface area contributed by atoms with Gasteiger partial charge in [0.1, 0.15) is 0 Å². The molecular formula is C20H30O8. The molecule has 0 radical (unpaired) electrons. The Labute approximate surface area is 165 Å². The zero-order valence-corrected chi connectivity index (χ0v) is 16.6. The molecule has 0 aromatic rings. The molecule has 0 rings (SSSR count). The molecule has 0 spiro atoms. The second-order valence-electron chi connectivity index (χ2n) is 6.40. The molecule has 0 aliphatic carbocycles. The number of carbonyl (C=O) groups is 4. The van der Waals surface area contributed by atoms with E-state index in [2.05, 4.69) is 13.2 Å². The molecule has 0 saturated heterocycles. The first-order valence-electron chi connectivity index (χ1n) is 9.18. The number of rotatable bonds is 15. The average Bonchev–Trinajstić information content (AvgIpc) is 2.68. The fraction of sp³-hybridized carbons (Fsp3) is 0.600. The number of ether oxygens (including phenoxy) is 4. The van der Waals surface area contributed by atoms with E-state index in [1.807, 2.05) is 13.8 Å². The van der Waals surface area contributed by atoms with Crippen LogP contribution in [0.4, 0.5) is 0 Å². The monoisotopic (exact) mass is 398 g/mol. The quantitative estimate of drug-likeness (QED) is 0.235. The van der Waals surface area contributed by atoms with Gasteiger partial charge in [-0.25, -0.2) is 9.59 Å². The Morgan fingerprint density at radius 1 is 0.714 bits per heavy atom. The van der Waals surface area contributed by atoms with Crippen LogP contribution in [0.3, 0.4) is 0 Å². The van der Waals surface area contributed by atoms with Crippen molar-refractivity contribution in [2.24, 2.45) is 11.8 Å². The molecule has 8 heteroatoms. The van der Waals surface area contributed by atoms with E-state index in [9.17, 15) is 19.2 Å². The molecule has 0 heterocycles. The van der Waals surface area contributed by atoms with Gasteiger partial charge in [0.05, 0.1) is 39.3 Å². The van der Waals surface area contributed by atoms with Crippen molar-refractivity contribution in [2.75, 3.05) is 26.4 Å². The molecule has 8 nitrogen and oxygen atoms in total. The van der Waals surface area contributed by atoms with Gasteiger partial charge in [-0.05, 0) is 24.7 Å². The molecule has 2 atom stereocenters. The number of carbonyl (C=O) groups excluding carboxylic acids is 4. The van der Waals surface area contributed by atoms with Gasteiger partial charge >= 0.3 is 23.9 Å². The molecule has 0 aliphatic heterocycles. The maximum Gasteiger partial charge on any atom is 0.330 e. The third kappa shape index (κ3) is 14.5. The largest absolute Gasteiger partial charge is 0.465 e. The summed E-state index contributed by atoms with van der Waals surface area (Å²) in [6.07, 6.45) is 3.14. The predicted molar refractivity (Wildman–Crippen MR) is 101 cm³/mol. The van der Waals surface area contributed by atoms with E-state index in [1.54, 1.807) is 0 Å². The van der Waals surface area contributed by atoms with Crippen molar-refractivity contribution in [3.8, 4) is 0 Å². The smallest absolute Gasteiger partial charge is 0.330 e. The third-order valence-electron chi connectivity index (χ3n) is 3.63. The van der Waals surface area contributed by atoms with Gasteiger partial charge in [-0.2, -0.15) is 0 Å².